The van der Waals surface area contributed by atoms with E-state index in [9.17, 15) is 4.79 Å². The van der Waals surface area contributed by atoms with E-state index in [4.69, 9.17) is 11.6 Å². The first-order valence-electron chi connectivity index (χ1n) is 6.60. The first-order valence-corrected chi connectivity index (χ1v) is 6.97. The van der Waals surface area contributed by atoms with Crippen molar-refractivity contribution in [2.75, 3.05) is 17.2 Å². The van der Waals surface area contributed by atoms with Crippen LogP contribution in [-0.4, -0.2) is 12.5 Å². The van der Waals surface area contributed by atoms with Gasteiger partial charge < -0.3 is 10.6 Å². The summed E-state index contributed by atoms with van der Waals surface area (Å²) in [6.07, 6.45) is 1.08. The Kier molecular flexibility index (Phi) is 5.02. The van der Waals surface area contributed by atoms with E-state index in [0.717, 1.165) is 24.3 Å². The highest BCUT2D eigenvalue weighted by Gasteiger charge is 2.05. The summed E-state index contributed by atoms with van der Waals surface area (Å²) in [5.41, 5.74) is 2.41. The Morgan fingerprint density at radius 2 is 1.60 bits per heavy atom. The number of benzene rings is 2. The number of anilines is 2. The zero-order valence-electron chi connectivity index (χ0n) is 11.3. The van der Waals surface area contributed by atoms with E-state index < -0.39 is 0 Å². The molecule has 2 rings (SSSR count). The van der Waals surface area contributed by atoms with Gasteiger partial charge in [0.15, 0.2) is 0 Å². The van der Waals surface area contributed by atoms with Crippen LogP contribution in [0.2, 0.25) is 5.02 Å². The summed E-state index contributed by atoms with van der Waals surface area (Å²) in [5, 5.41) is 6.76. The third-order valence-electron chi connectivity index (χ3n) is 2.83. The second-order valence-electron chi connectivity index (χ2n) is 4.47. The molecule has 0 atom stereocenters. The van der Waals surface area contributed by atoms with Crippen LogP contribution in [0.4, 0.5) is 11.4 Å². The number of carbonyl (C=O) groups excluding carboxylic acids is 1. The molecule has 0 spiro atoms. The molecule has 1 amide bonds. The number of nitrogens with one attached hydrogen (secondary N) is 2. The second-order valence-corrected chi connectivity index (χ2v) is 4.90. The van der Waals surface area contributed by atoms with Gasteiger partial charge in [-0.3, -0.25) is 4.79 Å². The van der Waals surface area contributed by atoms with Gasteiger partial charge in [0.25, 0.3) is 5.91 Å². The highest BCUT2D eigenvalue weighted by Crippen LogP contribution is 2.15. The van der Waals surface area contributed by atoms with Gasteiger partial charge in [-0.25, -0.2) is 0 Å². The molecule has 4 heteroatoms. The molecule has 0 aliphatic rings. The maximum atomic E-state index is 12.0. The van der Waals surface area contributed by atoms with E-state index in [2.05, 4.69) is 17.6 Å². The number of carbonyl (C=O) groups is 1. The fourth-order valence-corrected chi connectivity index (χ4v) is 1.87. The molecule has 0 saturated carbocycles. The molecule has 0 saturated heterocycles. The summed E-state index contributed by atoms with van der Waals surface area (Å²) in [5.74, 6) is -0.143. The molecule has 20 heavy (non-hydrogen) atoms. The van der Waals surface area contributed by atoms with E-state index in [1.165, 1.54) is 0 Å². The molecule has 2 N–H and O–H groups in total. The molecule has 2 aromatic rings. The summed E-state index contributed by atoms with van der Waals surface area (Å²) < 4.78 is 0. The number of rotatable bonds is 5. The lowest BCUT2D eigenvalue weighted by Crippen LogP contribution is -2.11. The van der Waals surface area contributed by atoms with Crippen molar-refractivity contribution in [3.63, 3.8) is 0 Å². The van der Waals surface area contributed by atoms with Gasteiger partial charge in [-0.15, -0.1) is 0 Å². The van der Waals surface area contributed by atoms with Crippen molar-refractivity contribution in [1.29, 1.82) is 0 Å². The summed E-state index contributed by atoms with van der Waals surface area (Å²) in [4.78, 5) is 12.0. The fourth-order valence-electron chi connectivity index (χ4n) is 1.75. The highest BCUT2D eigenvalue weighted by molar-refractivity contribution is 6.30. The van der Waals surface area contributed by atoms with Gasteiger partial charge in [0, 0.05) is 28.5 Å². The van der Waals surface area contributed by atoms with Gasteiger partial charge in [-0.1, -0.05) is 18.5 Å². The van der Waals surface area contributed by atoms with Crippen LogP contribution in [0.1, 0.15) is 23.7 Å². The van der Waals surface area contributed by atoms with Crippen LogP contribution in [0, 0.1) is 0 Å². The first kappa shape index (κ1) is 14.4. The maximum Gasteiger partial charge on any atom is 0.255 e. The van der Waals surface area contributed by atoms with E-state index >= 15 is 0 Å². The van der Waals surface area contributed by atoms with Gasteiger partial charge in [0.05, 0.1) is 0 Å². The van der Waals surface area contributed by atoms with E-state index in [-0.39, 0.29) is 5.91 Å². The van der Waals surface area contributed by atoms with Crippen LogP contribution >= 0.6 is 11.6 Å². The largest absolute Gasteiger partial charge is 0.385 e. The number of hydrogen-bond donors (Lipinski definition) is 2. The van der Waals surface area contributed by atoms with Gasteiger partial charge in [0.1, 0.15) is 0 Å². The summed E-state index contributed by atoms with van der Waals surface area (Å²) in [6.45, 7) is 3.06. The summed E-state index contributed by atoms with van der Waals surface area (Å²) >= 11 is 5.80. The van der Waals surface area contributed by atoms with Crippen LogP contribution in [0.3, 0.4) is 0 Å². The molecular weight excluding hydrogens is 272 g/mol. The molecule has 0 fully saturated rings. The Hall–Kier alpha value is -2.00. The predicted octanol–water partition coefficient (Wildman–Crippen LogP) is 4.41. The van der Waals surface area contributed by atoms with Crippen LogP contribution in [-0.2, 0) is 0 Å². The van der Waals surface area contributed by atoms with Crippen molar-refractivity contribution >= 4 is 28.9 Å². The SMILES string of the molecule is CCCNc1ccc(NC(=O)c2ccc(Cl)cc2)cc1. The van der Waals surface area contributed by atoms with Gasteiger partial charge in [0.2, 0.25) is 0 Å². The quantitative estimate of drug-likeness (QED) is 0.855. The van der Waals surface area contributed by atoms with E-state index in [0.29, 0.717) is 10.6 Å². The topological polar surface area (TPSA) is 41.1 Å². The molecule has 3 nitrogen and oxygen atoms in total. The van der Waals surface area contributed by atoms with Gasteiger partial charge in [-0.2, -0.15) is 0 Å². The number of hydrogen-bond acceptors (Lipinski definition) is 2. The maximum absolute atomic E-state index is 12.0. The molecular formula is C16H17ClN2O. The molecule has 0 aliphatic carbocycles. The molecule has 0 radical (unpaired) electrons. The molecule has 104 valence electrons. The Balaban J connectivity index is 1.99. The van der Waals surface area contributed by atoms with E-state index in [1.54, 1.807) is 24.3 Å². The van der Waals surface area contributed by atoms with Crippen molar-refractivity contribution in [2.45, 2.75) is 13.3 Å². The molecule has 0 unspecified atom stereocenters. The zero-order valence-corrected chi connectivity index (χ0v) is 12.1. The Bertz CT molecular complexity index is 564. The number of halogens is 1. The van der Waals surface area contributed by atoms with Crippen molar-refractivity contribution in [3.8, 4) is 0 Å². The van der Waals surface area contributed by atoms with E-state index in [1.807, 2.05) is 24.3 Å². The molecule has 0 aromatic heterocycles. The van der Waals surface area contributed by atoms with Crippen LogP contribution in [0.15, 0.2) is 48.5 Å². The lowest BCUT2D eigenvalue weighted by molar-refractivity contribution is 0.102. The molecule has 0 aliphatic heterocycles. The zero-order chi connectivity index (χ0) is 14.4. The fraction of sp³-hybridized carbons (Fsp3) is 0.188. The Morgan fingerprint density at radius 1 is 1.00 bits per heavy atom. The summed E-state index contributed by atoms with van der Waals surface area (Å²) in [7, 11) is 0. The normalized spacial score (nSPS) is 10.1. The Labute approximate surface area is 124 Å². The van der Waals surface area contributed by atoms with Crippen molar-refractivity contribution in [1.82, 2.24) is 0 Å². The number of amides is 1. The average molecular weight is 289 g/mol. The van der Waals surface area contributed by atoms with Crippen molar-refractivity contribution in [2.24, 2.45) is 0 Å². The third-order valence-corrected chi connectivity index (χ3v) is 3.08. The standard InChI is InChI=1S/C16H17ClN2O/c1-2-11-18-14-7-9-15(10-8-14)19-16(20)12-3-5-13(17)6-4-12/h3-10,18H,2,11H2,1H3,(H,19,20). The lowest BCUT2D eigenvalue weighted by Gasteiger charge is -2.08. The van der Waals surface area contributed by atoms with Crippen molar-refractivity contribution < 1.29 is 4.79 Å². The van der Waals surface area contributed by atoms with Gasteiger partial charge in [-0.05, 0) is 55.0 Å². The van der Waals surface area contributed by atoms with Crippen molar-refractivity contribution in [3.05, 3.63) is 59.1 Å². The Morgan fingerprint density at radius 3 is 2.20 bits per heavy atom. The smallest absolute Gasteiger partial charge is 0.255 e. The average Bonchev–Trinajstić information content (AvgIpc) is 2.47. The molecule has 2 aromatic carbocycles. The van der Waals surface area contributed by atoms with Crippen LogP contribution < -0.4 is 10.6 Å². The minimum Gasteiger partial charge on any atom is -0.385 e. The summed E-state index contributed by atoms with van der Waals surface area (Å²) in [6, 6.07) is 14.5. The minimum absolute atomic E-state index is 0.143. The van der Waals surface area contributed by atoms with Crippen LogP contribution in [0.5, 0.6) is 0 Å². The first-order chi connectivity index (χ1) is 9.69. The lowest BCUT2D eigenvalue weighted by atomic mass is 10.2. The highest BCUT2D eigenvalue weighted by atomic mass is 35.5. The monoisotopic (exact) mass is 288 g/mol. The third kappa shape index (κ3) is 4.00. The second kappa shape index (κ2) is 6.96. The van der Waals surface area contributed by atoms with Crippen LogP contribution in [0.25, 0.3) is 0 Å². The molecule has 0 bridgehead atoms. The predicted molar refractivity (Wildman–Crippen MR) is 84.6 cm³/mol. The molecule has 0 heterocycles. The minimum atomic E-state index is -0.143. The van der Waals surface area contributed by atoms with Gasteiger partial charge >= 0.3 is 0 Å².